The van der Waals surface area contributed by atoms with Gasteiger partial charge >= 0.3 is 0 Å². The highest BCUT2D eigenvalue weighted by molar-refractivity contribution is 7.10. The molecule has 0 spiro atoms. The summed E-state index contributed by atoms with van der Waals surface area (Å²) in [6.45, 7) is 6.06. The molecule has 0 fully saturated rings. The second-order valence-corrected chi connectivity index (χ2v) is 5.73. The number of hydrazine groups is 1. The molecule has 1 aromatic heterocycles. The lowest BCUT2D eigenvalue weighted by molar-refractivity contribution is 0.397. The van der Waals surface area contributed by atoms with E-state index < -0.39 is 0 Å². The van der Waals surface area contributed by atoms with Gasteiger partial charge in [0.05, 0.1) is 0 Å². The van der Waals surface area contributed by atoms with Crippen molar-refractivity contribution in [1.29, 1.82) is 0 Å². The highest BCUT2D eigenvalue weighted by Gasteiger charge is 2.27. The smallest absolute Gasteiger partial charge is 0.0316 e. The molecule has 1 aromatic rings. The van der Waals surface area contributed by atoms with E-state index in [4.69, 9.17) is 5.84 Å². The standard InChI is InChI=1S/C13H20N2S/c1-9(2)8-12(15-14)10-4-3-5-13-11(10)6-7-16-13/h6-7,10,12,15H,1,3-5,8,14H2,2H3. The third-order valence-corrected chi connectivity index (χ3v) is 4.36. The molecule has 0 aromatic carbocycles. The van der Waals surface area contributed by atoms with Crippen LogP contribution in [-0.2, 0) is 6.42 Å². The first-order chi connectivity index (χ1) is 7.72. The van der Waals surface area contributed by atoms with Gasteiger partial charge in [0.15, 0.2) is 0 Å². The molecule has 2 rings (SSSR count). The lowest BCUT2D eigenvalue weighted by atomic mass is 9.81. The number of fused-ring (bicyclic) bond motifs is 1. The SMILES string of the molecule is C=C(C)CC(NN)C1CCCc2sccc21. The second kappa shape index (κ2) is 5.13. The number of hydrogen-bond acceptors (Lipinski definition) is 3. The molecule has 0 bridgehead atoms. The summed E-state index contributed by atoms with van der Waals surface area (Å²) in [5, 5.41) is 2.21. The Morgan fingerprint density at radius 1 is 1.75 bits per heavy atom. The minimum absolute atomic E-state index is 0.339. The molecule has 2 atom stereocenters. The molecule has 0 saturated heterocycles. The van der Waals surface area contributed by atoms with Crippen LogP contribution < -0.4 is 11.3 Å². The van der Waals surface area contributed by atoms with Gasteiger partial charge in [-0.1, -0.05) is 5.57 Å². The summed E-state index contributed by atoms with van der Waals surface area (Å²) in [7, 11) is 0. The Morgan fingerprint density at radius 3 is 3.25 bits per heavy atom. The zero-order chi connectivity index (χ0) is 11.5. The van der Waals surface area contributed by atoms with E-state index in [9.17, 15) is 0 Å². The Labute approximate surface area is 102 Å². The van der Waals surface area contributed by atoms with Crippen molar-refractivity contribution in [3.05, 3.63) is 34.0 Å². The molecule has 2 nitrogen and oxygen atoms in total. The van der Waals surface area contributed by atoms with Crippen molar-refractivity contribution in [2.75, 3.05) is 0 Å². The molecular weight excluding hydrogens is 216 g/mol. The molecule has 16 heavy (non-hydrogen) atoms. The van der Waals surface area contributed by atoms with Crippen LogP contribution in [0, 0.1) is 0 Å². The van der Waals surface area contributed by atoms with Gasteiger partial charge in [0, 0.05) is 16.8 Å². The lowest BCUT2D eigenvalue weighted by Crippen LogP contribution is -2.40. The van der Waals surface area contributed by atoms with E-state index in [1.807, 2.05) is 11.3 Å². The van der Waals surface area contributed by atoms with Gasteiger partial charge < -0.3 is 0 Å². The van der Waals surface area contributed by atoms with Crippen LogP contribution in [0.3, 0.4) is 0 Å². The van der Waals surface area contributed by atoms with Gasteiger partial charge in [-0.25, -0.2) is 0 Å². The van der Waals surface area contributed by atoms with Gasteiger partial charge in [-0.05, 0) is 49.6 Å². The van der Waals surface area contributed by atoms with Crippen molar-refractivity contribution in [1.82, 2.24) is 5.43 Å². The Balaban J connectivity index is 2.18. The fourth-order valence-electron chi connectivity index (χ4n) is 2.63. The van der Waals surface area contributed by atoms with Crippen LogP contribution in [0.4, 0.5) is 0 Å². The maximum absolute atomic E-state index is 5.69. The van der Waals surface area contributed by atoms with Crippen LogP contribution in [-0.4, -0.2) is 6.04 Å². The van der Waals surface area contributed by atoms with E-state index in [0.717, 1.165) is 6.42 Å². The average molecular weight is 236 g/mol. The van der Waals surface area contributed by atoms with Gasteiger partial charge in [-0.3, -0.25) is 11.3 Å². The number of rotatable bonds is 4. The molecule has 3 heteroatoms. The maximum atomic E-state index is 5.69. The summed E-state index contributed by atoms with van der Waals surface area (Å²) < 4.78 is 0. The number of nitrogens with two attached hydrogens (primary N) is 1. The van der Waals surface area contributed by atoms with E-state index in [0.29, 0.717) is 12.0 Å². The summed E-state index contributed by atoms with van der Waals surface area (Å²) in [5.74, 6) is 6.26. The zero-order valence-corrected chi connectivity index (χ0v) is 10.6. The molecule has 0 saturated carbocycles. The first-order valence-electron chi connectivity index (χ1n) is 5.89. The largest absolute Gasteiger partial charge is 0.271 e. The number of thiophene rings is 1. The van der Waals surface area contributed by atoms with Gasteiger partial charge in [-0.15, -0.1) is 17.9 Å². The maximum Gasteiger partial charge on any atom is 0.0316 e. The number of hydrogen-bond donors (Lipinski definition) is 2. The number of aryl methyl sites for hydroxylation is 1. The van der Waals surface area contributed by atoms with Crippen molar-refractivity contribution in [2.45, 2.75) is 44.6 Å². The second-order valence-electron chi connectivity index (χ2n) is 4.73. The molecule has 2 unspecified atom stereocenters. The monoisotopic (exact) mass is 236 g/mol. The van der Waals surface area contributed by atoms with Gasteiger partial charge in [0.2, 0.25) is 0 Å². The van der Waals surface area contributed by atoms with Gasteiger partial charge in [0.25, 0.3) is 0 Å². The average Bonchev–Trinajstić information content (AvgIpc) is 2.73. The lowest BCUT2D eigenvalue weighted by Gasteiger charge is -2.30. The summed E-state index contributed by atoms with van der Waals surface area (Å²) >= 11 is 1.88. The van der Waals surface area contributed by atoms with Crippen LogP contribution in [0.2, 0.25) is 0 Å². The fourth-order valence-corrected chi connectivity index (χ4v) is 3.63. The molecule has 88 valence electrons. The summed E-state index contributed by atoms with van der Waals surface area (Å²) in [6.07, 6.45) is 4.74. The zero-order valence-electron chi connectivity index (χ0n) is 9.83. The minimum Gasteiger partial charge on any atom is -0.271 e. The van der Waals surface area contributed by atoms with E-state index >= 15 is 0 Å². The summed E-state index contributed by atoms with van der Waals surface area (Å²) in [4.78, 5) is 1.55. The van der Waals surface area contributed by atoms with Gasteiger partial charge in [-0.2, -0.15) is 0 Å². The molecular formula is C13H20N2S. The molecule has 0 amide bonds. The Bertz CT molecular complexity index is 370. The third-order valence-electron chi connectivity index (χ3n) is 3.37. The molecule has 1 aliphatic carbocycles. The molecule has 0 aliphatic heterocycles. The highest BCUT2D eigenvalue weighted by atomic mass is 32.1. The quantitative estimate of drug-likeness (QED) is 0.479. The molecule has 1 aliphatic rings. The molecule has 3 N–H and O–H groups in total. The van der Waals surface area contributed by atoms with Crippen molar-refractivity contribution >= 4 is 11.3 Å². The first-order valence-corrected chi connectivity index (χ1v) is 6.77. The molecule has 0 radical (unpaired) electrons. The molecule has 1 heterocycles. The van der Waals surface area contributed by atoms with Crippen molar-refractivity contribution in [2.24, 2.45) is 5.84 Å². The van der Waals surface area contributed by atoms with Crippen LogP contribution in [0.5, 0.6) is 0 Å². The normalized spacial score (nSPS) is 21.5. The van der Waals surface area contributed by atoms with Crippen LogP contribution >= 0.6 is 11.3 Å². The predicted molar refractivity (Wildman–Crippen MR) is 70.5 cm³/mol. The predicted octanol–water partition coefficient (Wildman–Crippen LogP) is 2.97. The van der Waals surface area contributed by atoms with E-state index in [1.54, 1.807) is 4.88 Å². The van der Waals surface area contributed by atoms with Crippen LogP contribution in [0.15, 0.2) is 23.6 Å². The Kier molecular flexibility index (Phi) is 3.79. The Morgan fingerprint density at radius 2 is 2.56 bits per heavy atom. The van der Waals surface area contributed by atoms with Crippen molar-refractivity contribution < 1.29 is 0 Å². The topological polar surface area (TPSA) is 38.0 Å². The summed E-state index contributed by atoms with van der Waals surface area (Å²) in [6, 6.07) is 2.61. The minimum atomic E-state index is 0.339. The van der Waals surface area contributed by atoms with E-state index in [1.165, 1.54) is 30.4 Å². The van der Waals surface area contributed by atoms with E-state index in [2.05, 4.69) is 30.4 Å². The first kappa shape index (κ1) is 11.8. The number of nitrogens with one attached hydrogen (secondary N) is 1. The van der Waals surface area contributed by atoms with Crippen LogP contribution in [0.25, 0.3) is 0 Å². The Hall–Kier alpha value is -0.640. The highest BCUT2D eigenvalue weighted by Crippen LogP contribution is 2.38. The summed E-state index contributed by atoms with van der Waals surface area (Å²) in [5.41, 5.74) is 5.69. The fraction of sp³-hybridized carbons (Fsp3) is 0.538. The van der Waals surface area contributed by atoms with Crippen LogP contribution in [0.1, 0.15) is 42.5 Å². The van der Waals surface area contributed by atoms with E-state index in [-0.39, 0.29) is 0 Å². The van der Waals surface area contributed by atoms with Gasteiger partial charge in [0.1, 0.15) is 0 Å². The van der Waals surface area contributed by atoms with Crippen molar-refractivity contribution in [3.8, 4) is 0 Å². The van der Waals surface area contributed by atoms with Crippen molar-refractivity contribution in [3.63, 3.8) is 0 Å². The third kappa shape index (κ3) is 2.37.